The summed E-state index contributed by atoms with van der Waals surface area (Å²) in [4.78, 5) is 12.7. The molecule has 3 heteroatoms. The third-order valence-corrected chi connectivity index (χ3v) is 4.48. The molecule has 0 aliphatic rings. The number of aryl methyl sites for hydroxylation is 1. The van der Waals surface area contributed by atoms with E-state index >= 15 is 0 Å². The lowest BCUT2D eigenvalue weighted by Crippen LogP contribution is -2.20. The van der Waals surface area contributed by atoms with Crippen LogP contribution in [0.1, 0.15) is 37.4 Å². The van der Waals surface area contributed by atoms with Crippen molar-refractivity contribution in [3.05, 3.63) is 45.7 Å². The minimum atomic E-state index is 0.203. The molecule has 0 atom stereocenters. The lowest BCUT2D eigenvalue weighted by molar-refractivity contribution is 0.667. The third kappa shape index (κ3) is 2.78. The maximum absolute atomic E-state index is 12.7. The number of benzene rings is 1. The van der Waals surface area contributed by atoms with Crippen LogP contribution in [0.4, 0.5) is 0 Å². The molecule has 0 spiro atoms. The van der Waals surface area contributed by atoms with Crippen molar-refractivity contribution in [2.24, 2.45) is 0 Å². The van der Waals surface area contributed by atoms with Crippen LogP contribution in [-0.2, 0) is 6.54 Å². The van der Waals surface area contributed by atoms with Gasteiger partial charge in [-0.05, 0) is 43.4 Å². The highest BCUT2D eigenvalue weighted by Crippen LogP contribution is 2.21. The number of pyridine rings is 1. The van der Waals surface area contributed by atoms with Crippen LogP contribution in [0.3, 0.4) is 0 Å². The zero-order chi connectivity index (χ0) is 14.7. The molecule has 0 bridgehead atoms. The number of nitrogens with zero attached hydrogens (tertiary/aromatic N) is 1. The van der Waals surface area contributed by atoms with E-state index in [1.165, 1.54) is 0 Å². The molecule has 0 aliphatic heterocycles. The Kier molecular flexibility index (Phi) is 4.92. The van der Waals surface area contributed by atoms with Gasteiger partial charge in [0.25, 0.3) is 0 Å². The van der Waals surface area contributed by atoms with Crippen molar-refractivity contribution < 1.29 is 0 Å². The minimum absolute atomic E-state index is 0.203. The maximum atomic E-state index is 12.7. The van der Waals surface area contributed by atoms with Gasteiger partial charge in [-0.15, -0.1) is 0 Å². The monoisotopic (exact) mass is 289 g/mol. The molecule has 2 nitrogen and oxygen atoms in total. The molecule has 0 N–H and O–H groups in total. The van der Waals surface area contributed by atoms with Crippen molar-refractivity contribution in [3.8, 4) is 0 Å². The van der Waals surface area contributed by atoms with Crippen LogP contribution < -0.4 is 5.43 Å². The summed E-state index contributed by atoms with van der Waals surface area (Å²) in [5.74, 6) is 1.41. The molecule has 0 saturated carbocycles. The van der Waals surface area contributed by atoms with Gasteiger partial charge in [-0.2, -0.15) is 11.8 Å². The van der Waals surface area contributed by atoms with E-state index < -0.39 is 0 Å². The molecule has 0 saturated heterocycles. The van der Waals surface area contributed by atoms with Gasteiger partial charge < -0.3 is 4.57 Å². The Morgan fingerprint density at radius 1 is 1.25 bits per heavy atom. The number of fused-ring (bicyclic) bond motifs is 1. The first-order valence-electron chi connectivity index (χ1n) is 7.19. The van der Waals surface area contributed by atoms with Crippen LogP contribution in [0.2, 0.25) is 0 Å². The van der Waals surface area contributed by atoms with E-state index in [4.69, 9.17) is 0 Å². The van der Waals surface area contributed by atoms with Gasteiger partial charge in [0.1, 0.15) is 0 Å². The van der Waals surface area contributed by atoms with Crippen LogP contribution in [0, 0.1) is 6.92 Å². The Morgan fingerprint density at radius 2 is 1.95 bits per heavy atom. The van der Waals surface area contributed by atoms with Gasteiger partial charge in [0.05, 0.1) is 5.52 Å². The van der Waals surface area contributed by atoms with E-state index in [1.807, 2.05) is 30.0 Å². The fourth-order valence-electron chi connectivity index (χ4n) is 2.87. The fraction of sp³-hybridized carbons (Fsp3) is 0.471. The highest BCUT2D eigenvalue weighted by atomic mass is 32.2. The van der Waals surface area contributed by atoms with Gasteiger partial charge in [0.15, 0.2) is 5.43 Å². The summed E-state index contributed by atoms with van der Waals surface area (Å²) >= 11 is 1.87. The smallest absolute Gasteiger partial charge is 0.193 e. The van der Waals surface area contributed by atoms with E-state index in [0.29, 0.717) is 0 Å². The van der Waals surface area contributed by atoms with Crippen LogP contribution in [0.5, 0.6) is 0 Å². The van der Waals surface area contributed by atoms with Crippen LogP contribution >= 0.6 is 11.8 Å². The summed E-state index contributed by atoms with van der Waals surface area (Å²) < 4.78 is 2.32. The summed E-state index contributed by atoms with van der Waals surface area (Å²) in [6, 6.07) is 7.98. The predicted molar refractivity (Wildman–Crippen MR) is 90.0 cm³/mol. The Hall–Kier alpha value is -1.22. The summed E-state index contributed by atoms with van der Waals surface area (Å²) in [6.07, 6.45) is 3.27. The molecule has 0 amide bonds. The quantitative estimate of drug-likeness (QED) is 0.770. The molecular formula is C17H23NOS. The number of hydrogen-bond acceptors (Lipinski definition) is 2. The number of hydrogen-bond donors (Lipinski definition) is 0. The lowest BCUT2D eigenvalue weighted by atomic mass is 9.98. The second-order valence-corrected chi connectivity index (χ2v) is 6.48. The first-order valence-corrected chi connectivity index (χ1v) is 8.58. The molecule has 0 aliphatic carbocycles. The SMILES string of the molecule is CSCCCn1c(C)c(C(C)C)c(=O)c2ccccc21. The molecule has 0 radical (unpaired) electrons. The standard InChI is InChI=1S/C17H23NOS/c1-12(2)16-13(3)18(10-7-11-20-4)15-9-6-5-8-14(15)17(16)19/h5-6,8-9,12H,7,10-11H2,1-4H3. The molecule has 1 aromatic heterocycles. The molecule has 108 valence electrons. The highest BCUT2D eigenvalue weighted by Gasteiger charge is 2.15. The average molecular weight is 289 g/mol. The second kappa shape index (κ2) is 6.49. The average Bonchev–Trinajstić information content (AvgIpc) is 2.42. The van der Waals surface area contributed by atoms with Crippen molar-refractivity contribution in [1.29, 1.82) is 0 Å². The van der Waals surface area contributed by atoms with E-state index in [0.717, 1.165) is 40.9 Å². The highest BCUT2D eigenvalue weighted by molar-refractivity contribution is 7.98. The number of aromatic nitrogens is 1. The Balaban J connectivity index is 2.67. The first kappa shape index (κ1) is 15.2. The fourth-order valence-corrected chi connectivity index (χ4v) is 3.29. The zero-order valence-corrected chi connectivity index (χ0v) is 13.6. The van der Waals surface area contributed by atoms with E-state index in [2.05, 4.69) is 37.7 Å². The van der Waals surface area contributed by atoms with Crippen molar-refractivity contribution in [3.63, 3.8) is 0 Å². The molecule has 1 heterocycles. The second-order valence-electron chi connectivity index (χ2n) is 5.50. The largest absolute Gasteiger partial charge is 0.344 e. The summed E-state index contributed by atoms with van der Waals surface area (Å²) in [5.41, 5.74) is 3.37. The molecule has 2 rings (SSSR count). The summed E-state index contributed by atoms with van der Waals surface area (Å²) in [6.45, 7) is 7.27. The van der Waals surface area contributed by atoms with Crippen molar-refractivity contribution in [2.75, 3.05) is 12.0 Å². The maximum Gasteiger partial charge on any atom is 0.193 e. The Bertz CT molecular complexity index is 658. The number of para-hydroxylation sites is 1. The van der Waals surface area contributed by atoms with E-state index in [1.54, 1.807) is 0 Å². The first-order chi connectivity index (χ1) is 9.57. The van der Waals surface area contributed by atoms with Gasteiger partial charge in [0.2, 0.25) is 0 Å². The molecule has 1 aromatic carbocycles. The van der Waals surface area contributed by atoms with E-state index in [9.17, 15) is 4.79 Å². The Labute approximate surface area is 125 Å². The summed E-state index contributed by atoms with van der Waals surface area (Å²) in [5, 5.41) is 0.853. The molecule has 20 heavy (non-hydrogen) atoms. The predicted octanol–water partition coefficient (Wildman–Crippen LogP) is 4.19. The van der Waals surface area contributed by atoms with Crippen LogP contribution in [0.15, 0.2) is 29.1 Å². The van der Waals surface area contributed by atoms with Gasteiger partial charge >= 0.3 is 0 Å². The number of rotatable bonds is 5. The zero-order valence-electron chi connectivity index (χ0n) is 12.8. The third-order valence-electron chi connectivity index (χ3n) is 3.79. The van der Waals surface area contributed by atoms with Gasteiger partial charge in [-0.25, -0.2) is 0 Å². The minimum Gasteiger partial charge on any atom is -0.344 e. The van der Waals surface area contributed by atoms with Crippen molar-refractivity contribution in [2.45, 2.75) is 39.7 Å². The van der Waals surface area contributed by atoms with Crippen LogP contribution in [0.25, 0.3) is 10.9 Å². The van der Waals surface area contributed by atoms with Crippen LogP contribution in [-0.4, -0.2) is 16.6 Å². The topological polar surface area (TPSA) is 22.0 Å². The van der Waals surface area contributed by atoms with Crippen molar-refractivity contribution in [1.82, 2.24) is 4.57 Å². The van der Waals surface area contributed by atoms with Crippen molar-refractivity contribution >= 4 is 22.7 Å². The van der Waals surface area contributed by atoms with Gasteiger partial charge in [0, 0.05) is 23.2 Å². The lowest BCUT2D eigenvalue weighted by Gasteiger charge is -2.19. The van der Waals surface area contributed by atoms with Gasteiger partial charge in [-0.1, -0.05) is 26.0 Å². The Morgan fingerprint density at radius 3 is 2.60 bits per heavy atom. The molecular weight excluding hydrogens is 266 g/mol. The molecule has 2 aromatic rings. The summed E-state index contributed by atoms with van der Waals surface area (Å²) in [7, 11) is 0. The molecule has 0 fully saturated rings. The normalized spacial score (nSPS) is 11.4. The molecule has 0 unspecified atom stereocenters. The van der Waals surface area contributed by atoms with E-state index in [-0.39, 0.29) is 11.3 Å². The van der Waals surface area contributed by atoms with Gasteiger partial charge in [-0.3, -0.25) is 4.79 Å². The number of thioether (sulfide) groups is 1.